The van der Waals surface area contributed by atoms with E-state index in [1.54, 1.807) is 14.2 Å². The Bertz CT molecular complexity index is 1340. The standard InChI is InChI=1S/C32H34Cl2N2O4/c1-39-29-19-22(12-13-23(29)20-35-16-18-38)24-8-5-9-25(30(24)33)26-10-6-11-27(31(26)34)28-15-14-21(7-3-4-17-37)32(36-28)40-2/h5-6,8-15,19,35,37-38H,3-4,7,16-18,20H2,1-2H3. The molecule has 0 aliphatic carbocycles. The van der Waals surface area contributed by atoms with Crippen molar-refractivity contribution in [3.05, 3.63) is 87.9 Å². The number of aromatic nitrogens is 1. The molecule has 1 aromatic heterocycles. The Morgan fingerprint density at radius 3 is 2.10 bits per heavy atom. The fourth-order valence-electron chi connectivity index (χ4n) is 4.67. The maximum Gasteiger partial charge on any atom is 0.216 e. The minimum Gasteiger partial charge on any atom is -0.496 e. The Hall–Kier alpha value is -3.13. The second-order valence-electron chi connectivity index (χ2n) is 9.31. The topological polar surface area (TPSA) is 83.8 Å². The highest BCUT2D eigenvalue weighted by Gasteiger charge is 2.18. The predicted molar refractivity (Wildman–Crippen MR) is 162 cm³/mol. The van der Waals surface area contributed by atoms with Gasteiger partial charge in [0.05, 0.1) is 36.6 Å². The van der Waals surface area contributed by atoms with Gasteiger partial charge in [-0.3, -0.25) is 0 Å². The first-order chi connectivity index (χ1) is 19.5. The number of aliphatic hydroxyl groups is 2. The molecule has 0 spiro atoms. The molecule has 4 rings (SSSR count). The van der Waals surface area contributed by atoms with E-state index in [-0.39, 0.29) is 13.2 Å². The fraction of sp³-hybridized carbons (Fsp3) is 0.281. The van der Waals surface area contributed by atoms with E-state index >= 15 is 0 Å². The Kier molecular flexibility index (Phi) is 10.8. The van der Waals surface area contributed by atoms with E-state index in [1.807, 2.05) is 66.7 Å². The van der Waals surface area contributed by atoms with Gasteiger partial charge in [0.15, 0.2) is 0 Å². The average molecular weight is 582 g/mol. The van der Waals surface area contributed by atoms with Crippen LogP contribution in [0.1, 0.15) is 24.0 Å². The maximum atomic E-state index is 9.10. The van der Waals surface area contributed by atoms with Gasteiger partial charge in [-0.15, -0.1) is 0 Å². The number of halogens is 2. The number of hydrogen-bond acceptors (Lipinski definition) is 6. The number of methoxy groups -OCH3 is 2. The van der Waals surface area contributed by atoms with Crippen molar-refractivity contribution in [3.8, 4) is 45.1 Å². The summed E-state index contributed by atoms with van der Waals surface area (Å²) in [6, 6.07) is 21.7. The van der Waals surface area contributed by atoms with Crippen molar-refractivity contribution >= 4 is 23.2 Å². The van der Waals surface area contributed by atoms with E-state index in [9.17, 15) is 0 Å². The Labute approximate surface area is 245 Å². The lowest BCUT2D eigenvalue weighted by Crippen LogP contribution is -2.17. The lowest BCUT2D eigenvalue weighted by atomic mass is 9.96. The number of ether oxygens (including phenoxy) is 2. The van der Waals surface area contributed by atoms with Crippen LogP contribution >= 0.6 is 23.2 Å². The summed E-state index contributed by atoms with van der Waals surface area (Å²) in [5, 5.41) is 22.5. The molecule has 0 radical (unpaired) electrons. The summed E-state index contributed by atoms with van der Waals surface area (Å²) in [4.78, 5) is 4.74. The average Bonchev–Trinajstić information content (AvgIpc) is 2.98. The van der Waals surface area contributed by atoms with Crippen LogP contribution in [-0.2, 0) is 13.0 Å². The number of nitrogens with zero attached hydrogens (tertiary/aromatic N) is 1. The van der Waals surface area contributed by atoms with Gasteiger partial charge in [-0.1, -0.05) is 77.8 Å². The van der Waals surface area contributed by atoms with Crippen LogP contribution in [0.3, 0.4) is 0 Å². The number of pyridine rings is 1. The first-order valence-corrected chi connectivity index (χ1v) is 14.0. The fourth-order valence-corrected chi connectivity index (χ4v) is 5.34. The molecule has 40 heavy (non-hydrogen) atoms. The zero-order valence-electron chi connectivity index (χ0n) is 22.7. The molecule has 0 atom stereocenters. The van der Waals surface area contributed by atoms with Crippen LogP contribution in [-0.4, -0.2) is 49.2 Å². The lowest BCUT2D eigenvalue weighted by Gasteiger charge is -2.16. The van der Waals surface area contributed by atoms with E-state index < -0.39 is 0 Å². The third-order valence-electron chi connectivity index (χ3n) is 6.75. The van der Waals surface area contributed by atoms with Crippen LogP contribution in [0.2, 0.25) is 10.0 Å². The number of aryl methyl sites for hydroxylation is 1. The second kappa shape index (κ2) is 14.5. The molecule has 6 nitrogen and oxygen atoms in total. The van der Waals surface area contributed by atoms with Gasteiger partial charge in [0.25, 0.3) is 0 Å². The van der Waals surface area contributed by atoms with Crippen LogP contribution in [0.15, 0.2) is 66.7 Å². The van der Waals surface area contributed by atoms with Crippen molar-refractivity contribution in [1.82, 2.24) is 10.3 Å². The minimum absolute atomic E-state index is 0.0763. The molecule has 0 saturated carbocycles. The van der Waals surface area contributed by atoms with Gasteiger partial charge in [0, 0.05) is 53.1 Å². The summed E-state index contributed by atoms with van der Waals surface area (Å²) >= 11 is 14.0. The number of hydrogen-bond donors (Lipinski definition) is 3. The first kappa shape index (κ1) is 29.8. The van der Waals surface area contributed by atoms with Crippen molar-refractivity contribution in [1.29, 1.82) is 0 Å². The molecule has 0 amide bonds. The van der Waals surface area contributed by atoms with Gasteiger partial charge in [0.2, 0.25) is 5.88 Å². The number of unbranched alkanes of at least 4 members (excludes halogenated alkanes) is 1. The molecule has 4 aromatic rings. The van der Waals surface area contributed by atoms with Gasteiger partial charge in [-0.2, -0.15) is 0 Å². The number of nitrogens with one attached hydrogen (secondary N) is 1. The first-order valence-electron chi connectivity index (χ1n) is 13.2. The summed E-state index contributed by atoms with van der Waals surface area (Å²) in [7, 11) is 3.25. The zero-order chi connectivity index (χ0) is 28.5. The highest BCUT2D eigenvalue weighted by atomic mass is 35.5. The molecule has 1 heterocycles. The van der Waals surface area contributed by atoms with E-state index in [0.717, 1.165) is 64.0 Å². The number of rotatable bonds is 13. The largest absolute Gasteiger partial charge is 0.496 e. The Morgan fingerprint density at radius 2 is 1.43 bits per heavy atom. The van der Waals surface area contributed by atoms with Crippen LogP contribution in [0.5, 0.6) is 11.6 Å². The van der Waals surface area contributed by atoms with Gasteiger partial charge in [-0.25, -0.2) is 4.98 Å². The second-order valence-corrected chi connectivity index (χ2v) is 10.1. The highest BCUT2D eigenvalue weighted by Crippen LogP contribution is 2.43. The quantitative estimate of drug-likeness (QED) is 0.151. The SMILES string of the molecule is COc1cc(-c2cccc(-c3cccc(-c4ccc(CCCCO)c(OC)n4)c3Cl)c2Cl)ccc1CNCCO. The molecule has 8 heteroatoms. The summed E-state index contributed by atoms with van der Waals surface area (Å²) in [6.07, 6.45) is 2.36. The summed E-state index contributed by atoms with van der Waals surface area (Å²) in [5.74, 6) is 1.30. The smallest absolute Gasteiger partial charge is 0.216 e. The number of benzene rings is 3. The number of aliphatic hydroxyl groups excluding tert-OH is 2. The molecule has 0 unspecified atom stereocenters. The molecule has 0 fully saturated rings. The molecular weight excluding hydrogens is 547 g/mol. The van der Waals surface area contributed by atoms with Crippen molar-refractivity contribution in [2.75, 3.05) is 34.0 Å². The van der Waals surface area contributed by atoms with Crippen molar-refractivity contribution in [3.63, 3.8) is 0 Å². The normalized spacial score (nSPS) is 11.1. The monoisotopic (exact) mass is 580 g/mol. The van der Waals surface area contributed by atoms with Crippen molar-refractivity contribution < 1.29 is 19.7 Å². The Balaban J connectivity index is 1.69. The Morgan fingerprint density at radius 1 is 0.750 bits per heavy atom. The molecule has 0 bridgehead atoms. The van der Waals surface area contributed by atoms with Gasteiger partial charge >= 0.3 is 0 Å². The lowest BCUT2D eigenvalue weighted by molar-refractivity contribution is 0.284. The van der Waals surface area contributed by atoms with Gasteiger partial charge in [0.1, 0.15) is 5.75 Å². The molecule has 0 aliphatic heterocycles. The van der Waals surface area contributed by atoms with E-state index in [2.05, 4.69) is 5.32 Å². The molecule has 3 N–H and O–H groups in total. The minimum atomic E-state index is 0.0763. The molecule has 3 aromatic carbocycles. The molecule has 0 aliphatic rings. The van der Waals surface area contributed by atoms with E-state index in [0.29, 0.717) is 34.7 Å². The summed E-state index contributed by atoms with van der Waals surface area (Å²) in [5.41, 5.74) is 6.87. The zero-order valence-corrected chi connectivity index (χ0v) is 24.2. The van der Waals surface area contributed by atoms with Gasteiger partial charge < -0.3 is 25.0 Å². The van der Waals surface area contributed by atoms with Crippen LogP contribution in [0, 0.1) is 0 Å². The predicted octanol–water partition coefficient (Wildman–Crippen LogP) is 6.80. The molecule has 0 saturated heterocycles. The highest BCUT2D eigenvalue weighted by molar-refractivity contribution is 6.39. The van der Waals surface area contributed by atoms with Crippen LogP contribution in [0.4, 0.5) is 0 Å². The summed E-state index contributed by atoms with van der Waals surface area (Å²) < 4.78 is 11.2. The maximum absolute atomic E-state index is 9.10. The van der Waals surface area contributed by atoms with E-state index in [1.165, 1.54) is 0 Å². The van der Waals surface area contributed by atoms with E-state index in [4.69, 9.17) is 47.9 Å². The van der Waals surface area contributed by atoms with Crippen molar-refractivity contribution in [2.24, 2.45) is 0 Å². The molecular formula is C32H34Cl2N2O4. The van der Waals surface area contributed by atoms with Crippen molar-refractivity contribution in [2.45, 2.75) is 25.8 Å². The summed E-state index contributed by atoms with van der Waals surface area (Å²) in [6.45, 7) is 1.34. The molecule has 210 valence electrons. The van der Waals surface area contributed by atoms with Crippen LogP contribution in [0.25, 0.3) is 33.5 Å². The van der Waals surface area contributed by atoms with Gasteiger partial charge in [-0.05, 0) is 37.0 Å². The van der Waals surface area contributed by atoms with Crippen LogP contribution < -0.4 is 14.8 Å². The third-order valence-corrected chi connectivity index (χ3v) is 7.57. The third kappa shape index (κ3) is 6.77.